The third-order valence-corrected chi connectivity index (χ3v) is 4.05. The molecular formula is C14H20BrFN2. The van der Waals surface area contributed by atoms with E-state index < -0.39 is 0 Å². The van der Waals surface area contributed by atoms with Crippen molar-refractivity contribution in [2.24, 2.45) is 0 Å². The van der Waals surface area contributed by atoms with Gasteiger partial charge in [0.25, 0.3) is 0 Å². The molecule has 1 aromatic rings. The highest BCUT2D eigenvalue weighted by Crippen LogP contribution is 2.22. The van der Waals surface area contributed by atoms with Gasteiger partial charge >= 0.3 is 0 Å². The van der Waals surface area contributed by atoms with E-state index in [0.717, 1.165) is 51.1 Å². The molecule has 0 atom stereocenters. The molecule has 0 aliphatic carbocycles. The maximum absolute atomic E-state index is 13.7. The number of hydrogen-bond donors (Lipinski definition) is 1. The molecule has 100 valence electrons. The first-order chi connectivity index (χ1) is 8.70. The summed E-state index contributed by atoms with van der Waals surface area (Å²) in [5.74, 6) is -0.108. The largest absolute Gasteiger partial charge is 0.314 e. The number of nitrogens with zero attached hydrogens (tertiary/aromatic N) is 1. The first-order valence-electron chi connectivity index (χ1n) is 6.60. The molecule has 4 heteroatoms. The Labute approximate surface area is 117 Å². The lowest BCUT2D eigenvalue weighted by Gasteiger charge is -2.27. The van der Waals surface area contributed by atoms with Gasteiger partial charge in [-0.1, -0.05) is 13.0 Å². The van der Waals surface area contributed by atoms with E-state index in [2.05, 4.69) is 26.1 Å². The monoisotopic (exact) mass is 314 g/mol. The van der Waals surface area contributed by atoms with E-state index in [1.54, 1.807) is 0 Å². The summed E-state index contributed by atoms with van der Waals surface area (Å²) < 4.78 is 14.3. The molecule has 1 aliphatic rings. The Morgan fingerprint density at radius 2 is 2.06 bits per heavy atom. The van der Waals surface area contributed by atoms with Gasteiger partial charge in [0, 0.05) is 32.7 Å². The molecule has 0 bridgehead atoms. The summed E-state index contributed by atoms with van der Waals surface area (Å²) in [7, 11) is 0. The molecule has 0 unspecified atom stereocenters. The van der Waals surface area contributed by atoms with Crippen molar-refractivity contribution >= 4 is 15.9 Å². The minimum absolute atomic E-state index is 0.108. The van der Waals surface area contributed by atoms with Crippen LogP contribution in [0.5, 0.6) is 0 Å². The van der Waals surface area contributed by atoms with Gasteiger partial charge in [-0.15, -0.1) is 0 Å². The average Bonchev–Trinajstić information content (AvgIpc) is 2.41. The Morgan fingerprint density at radius 3 is 2.72 bits per heavy atom. The van der Waals surface area contributed by atoms with E-state index in [-0.39, 0.29) is 5.82 Å². The third kappa shape index (κ3) is 3.53. The third-order valence-electron chi connectivity index (χ3n) is 3.47. The van der Waals surface area contributed by atoms with Crippen LogP contribution >= 0.6 is 15.9 Å². The molecule has 1 heterocycles. The highest BCUT2D eigenvalue weighted by atomic mass is 79.9. The first-order valence-corrected chi connectivity index (χ1v) is 7.40. The van der Waals surface area contributed by atoms with Crippen LogP contribution in [0, 0.1) is 5.82 Å². The van der Waals surface area contributed by atoms with E-state index in [4.69, 9.17) is 0 Å². The van der Waals surface area contributed by atoms with Gasteiger partial charge in [-0.3, -0.25) is 0 Å². The summed E-state index contributed by atoms with van der Waals surface area (Å²) >= 11 is 3.31. The molecule has 1 aromatic carbocycles. The lowest BCUT2D eigenvalue weighted by molar-refractivity contribution is 0.244. The van der Waals surface area contributed by atoms with E-state index in [1.165, 1.54) is 5.56 Å². The number of benzene rings is 1. The van der Waals surface area contributed by atoms with E-state index in [0.29, 0.717) is 4.47 Å². The van der Waals surface area contributed by atoms with Gasteiger partial charge in [0.15, 0.2) is 0 Å². The van der Waals surface area contributed by atoms with Crippen molar-refractivity contribution in [2.45, 2.75) is 19.8 Å². The summed E-state index contributed by atoms with van der Waals surface area (Å²) in [5.41, 5.74) is 2.03. The Morgan fingerprint density at radius 1 is 1.33 bits per heavy atom. The van der Waals surface area contributed by atoms with Crippen molar-refractivity contribution in [1.29, 1.82) is 0 Å². The SMILES string of the molecule is CCc1cc(CCN2CCNCC2)cc(Br)c1F. The van der Waals surface area contributed by atoms with Crippen LogP contribution in [0.3, 0.4) is 0 Å². The molecule has 2 nitrogen and oxygen atoms in total. The Bertz CT molecular complexity index is 403. The van der Waals surface area contributed by atoms with E-state index in [1.807, 2.05) is 19.1 Å². The highest BCUT2D eigenvalue weighted by molar-refractivity contribution is 9.10. The van der Waals surface area contributed by atoms with Gasteiger partial charge in [0.2, 0.25) is 0 Å². The number of nitrogens with one attached hydrogen (secondary N) is 1. The fourth-order valence-corrected chi connectivity index (χ4v) is 2.88. The topological polar surface area (TPSA) is 15.3 Å². The van der Waals surface area contributed by atoms with Crippen LogP contribution in [-0.2, 0) is 12.8 Å². The van der Waals surface area contributed by atoms with Crippen LogP contribution in [0.2, 0.25) is 0 Å². The number of hydrogen-bond acceptors (Lipinski definition) is 2. The summed E-state index contributed by atoms with van der Waals surface area (Å²) in [6.07, 6.45) is 1.73. The van der Waals surface area contributed by atoms with Crippen LogP contribution in [0.25, 0.3) is 0 Å². The maximum atomic E-state index is 13.7. The van der Waals surface area contributed by atoms with Gasteiger partial charge in [-0.05, 0) is 46.0 Å². The second kappa shape index (κ2) is 6.64. The standard InChI is InChI=1S/C14H20BrFN2/c1-2-12-9-11(10-13(15)14(12)16)3-6-18-7-4-17-5-8-18/h9-10,17H,2-8H2,1H3. The fourth-order valence-electron chi connectivity index (χ4n) is 2.33. The van der Waals surface area contributed by atoms with Crippen LogP contribution in [0.4, 0.5) is 4.39 Å². The molecule has 18 heavy (non-hydrogen) atoms. The highest BCUT2D eigenvalue weighted by Gasteiger charge is 2.11. The molecule has 0 amide bonds. The average molecular weight is 315 g/mol. The molecule has 1 N–H and O–H groups in total. The smallest absolute Gasteiger partial charge is 0.140 e. The number of halogens is 2. The summed E-state index contributed by atoms with van der Waals surface area (Å²) in [6.45, 7) is 7.43. The van der Waals surface area contributed by atoms with Crippen molar-refractivity contribution in [3.8, 4) is 0 Å². The molecule has 0 aromatic heterocycles. The molecule has 2 rings (SSSR count). The van der Waals surface area contributed by atoms with Crippen LogP contribution in [0.15, 0.2) is 16.6 Å². The van der Waals surface area contributed by atoms with Crippen LogP contribution in [-0.4, -0.2) is 37.6 Å². The van der Waals surface area contributed by atoms with E-state index in [9.17, 15) is 4.39 Å². The fraction of sp³-hybridized carbons (Fsp3) is 0.571. The van der Waals surface area contributed by atoms with Crippen LogP contribution < -0.4 is 5.32 Å². The lowest BCUT2D eigenvalue weighted by Crippen LogP contribution is -2.44. The Kier molecular flexibility index (Phi) is 5.15. The summed E-state index contributed by atoms with van der Waals surface area (Å²) in [4.78, 5) is 2.46. The zero-order valence-electron chi connectivity index (χ0n) is 10.8. The molecule has 1 saturated heterocycles. The Hall–Kier alpha value is -0.450. The number of rotatable bonds is 4. The summed E-state index contributed by atoms with van der Waals surface area (Å²) in [6, 6.07) is 3.92. The molecular weight excluding hydrogens is 295 g/mol. The van der Waals surface area contributed by atoms with Gasteiger partial charge < -0.3 is 10.2 Å². The predicted octanol–water partition coefficient (Wildman–Crippen LogP) is 2.60. The molecule has 1 aliphatic heterocycles. The Balaban J connectivity index is 1.98. The van der Waals surface area contributed by atoms with Gasteiger partial charge in [0.05, 0.1) is 4.47 Å². The normalized spacial score (nSPS) is 17.1. The quantitative estimate of drug-likeness (QED) is 0.919. The van der Waals surface area contributed by atoms with Crippen molar-refractivity contribution in [2.75, 3.05) is 32.7 Å². The minimum Gasteiger partial charge on any atom is -0.314 e. The zero-order chi connectivity index (χ0) is 13.0. The number of aryl methyl sites for hydroxylation is 1. The minimum atomic E-state index is -0.108. The predicted molar refractivity (Wildman–Crippen MR) is 76.5 cm³/mol. The molecule has 0 spiro atoms. The first kappa shape index (κ1) is 14.0. The van der Waals surface area contributed by atoms with Crippen molar-refractivity contribution in [3.05, 3.63) is 33.5 Å². The van der Waals surface area contributed by atoms with Crippen LogP contribution in [0.1, 0.15) is 18.1 Å². The molecule has 1 fully saturated rings. The van der Waals surface area contributed by atoms with Gasteiger partial charge in [0.1, 0.15) is 5.82 Å². The summed E-state index contributed by atoms with van der Waals surface area (Å²) in [5, 5.41) is 3.35. The van der Waals surface area contributed by atoms with Gasteiger partial charge in [-0.2, -0.15) is 0 Å². The number of piperazine rings is 1. The van der Waals surface area contributed by atoms with Crippen molar-refractivity contribution < 1.29 is 4.39 Å². The van der Waals surface area contributed by atoms with Crippen molar-refractivity contribution in [1.82, 2.24) is 10.2 Å². The molecule has 0 radical (unpaired) electrons. The zero-order valence-corrected chi connectivity index (χ0v) is 12.4. The van der Waals surface area contributed by atoms with Crippen molar-refractivity contribution in [3.63, 3.8) is 0 Å². The lowest BCUT2D eigenvalue weighted by atomic mass is 10.1. The second-order valence-corrected chi connectivity index (χ2v) is 5.60. The second-order valence-electron chi connectivity index (χ2n) is 4.75. The van der Waals surface area contributed by atoms with E-state index >= 15 is 0 Å². The molecule has 0 saturated carbocycles. The van der Waals surface area contributed by atoms with Gasteiger partial charge in [-0.25, -0.2) is 4.39 Å². The maximum Gasteiger partial charge on any atom is 0.140 e.